The first-order valence-corrected chi connectivity index (χ1v) is 13.3. The second kappa shape index (κ2) is 9.82. The highest BCUT2D eigenvalue weighted by Crippen LogP contribution is 2.36. The zero-order valence-electron chi connectivity index (χ0n) is 19.3. The molecule has 3 heterocycles. The van der Waals surface area contributed by atoms with Crippen LogP contribution in [0.3, 0.4) is 0 Å². The molecular weight excluding hydrogens is 537 g/mol. The normalized spacial score (nSPS) is 18.0. The molecule has 2 aliphatic heterocycles. The van der Waals surface area contributed by atoms with Crippen LogP contribution in [0.4, 0.5) is 13.2 Å². The first-order chi connectivity index (χ1) is 17.5. The van der Waals surface area contributed by atoms with E-state index in [4.69, 9.17) is 25.8 Å². The van der Waals surface area contributed by atoms with E-state index in [2.05, 4.69) is 4.98 Å². The average Bonchev–Trinajstić information content (AvgIpc) is 3.35. The highest BCUT2D eigenvalue weighted by atomic mass is 35.5. The van der Waals surface area contributed by atoms with Gasteiger partial charge in [0, 0.05) is 36.7 Å². The summed E-state index contributed by atoms with van der Waals surface area (Å²) in [5.41, 5.74) is -1.14. The summed E-state index contributed by atoms with van der Waals surface area (Å²) in [5.74, 6) is 0.959. The molecule has 3 aromatic rings. The molecule has 1 fully saturated rings. The maximum absolute atomic E-state index is 13.7. The minimum Gasteiger partial charge on any atom is -0.486 e. The molecule has 37 heavy (non-hydrogen) atoms. The zero-order chi connectivity index (χ0) is 26.4. The van der Waals surface area contributed by atoms with Crippen molar-refractivity contribution >= 4 is 32.5 Å². The van der Waals surface area contributed by atoms with Gasteiger partial charge >= 0.3 is 6.18 Å². The molecule has 5 rings (SSSR count). The number of H-pyrrole nitrogens is 1. The van der Waals surface area contributed by atoms with Crippen LogP contribution in [0.2, 0.25) is 5.02 Å². The predicted octanol–water partition coefficient (Wildman–Crippen LogP) is 4.34. The third-order valence-electron chi connectivity index (χ3n) is 6.24. The fourth-order valence-corrected chi connectivity index (χ4v) is 6.33. The third-order valence-corrected chi connectivity index (χ3v) is 8.53. The Kier molecular flexibility index (Phi) is 6.86. The SMILES string of the molecule is O=c1[nH]c2cc3c(cc2cc1CN(C[C@H]1CCCO1)S(=O)(=O)c1cc(C(F)(F)F)ccc1Cl)OCCO3. The lowest BCUT2D eigenvalue weighted by molar-refractivity contribution is -0.137. The van der Waals surface area contributed by atoms with Crippen molar-refractivity contribution in [3.63, 3.8) is 0 Å². The lowest BCUT2D eigenvalue weighted by Gasteiger charge is -2.26. The third kappa shape index (κ3) is 5.28. The van der Waals surface area contributed by atoms with Crippen LogP contribution in [0.25, 0.3) is 10.9 Å². The number of rotatable bonds is 6. The maximum atomic E-state index is 13.7. The predicted molar refractivity (Wildman–Crippen MR) is 129 cm³/mol. The zero-order valence-corrected chi connectivity index (χ0v) is 20.9. The van der Waals surface area contributed by atoms with Crippen LogP contribution in [-0.2, 0) is 27.5 Å². The summed E-state index contributed by atoms with van der Waals surface area (Å²) >= 11 is 6.07. The lowest BCUT2D eigenvalue weighted by atomic mass is 10.1. The Morgan fingerprint density at radius 2 is 1.78 bits per heavy atom. The molecule has 0 aliphatic carbocycles. The van der Waals surface area contributed by atoms with Crippen LogP contribution in [0, 0.1) is 0 Å². The Balaban J connectivity index is 1.56. The van der Waals surface area contributed by atoms with Gasteiger partial charge in [0.25, 0.3) is 5.56 Å². The number of sulfonamides is 1. The minimum atomic E-state index is -4.77. The smallest absolute Gasteiger partial charge is 0.416 e. The van der Waals surface area contributed by atoms with Gasteiger partial charge in [-0.3, -0.25) is 4.79 Å². The summed E-state index contributed by atoms with van der Waals surface area (Å²) in [6.45, 7) is 0.601. The largest absolute Gasteiger partial charge is 0.486 e. The monoisotopic (exact) mass is 558 g/mol. The van der Waals surface area contributed by atoms with Gasteiger partial charge in [0.15, 0.2) is 11.5 Å². The summed E-state index contributed by atoms with van der Waals surface area (Å²) in [7, 11) is -4.56. The van der Waals surface area contributed by atoms with E-state index in [9.17, 15) is 26.4 Å². The number of halogens is 4. The van der Waals surface area contributed by atoms with Crippen molar-refractivity contribution < 1.29 is 35.8 Å². The number of hydrogen-bond acceptors (Lipinski definition) is 6. The second-order valence-electron chi connectivity index (χ2n) is 8.78. The molecule has 0 saturated carbocycles. The van der Waals surface area contributed by atoms with E-state index in [1.165, 1.54) is 6.07 Å². The Hall–Kier alpha value is -2.80. The number of hydrogen-bond donors (Lipinski definition) is 1. The van der Waals surface area contributed by atoms with Gasteiger partial charge in [-0.2, -0.15) is 17.5 Å². The van der Waals surface area contributed by atoms with Gasteiger partial charge in [0.1, 0.15) is 18.1 Å². The quantitative estimate of drug-likeness (QED) is 0.483. The molecule has 0 radical (unpaired) electrons. The van der Waals surface area contributed by atoms with Gasteiger partial charge in [0.05, 0.1) is 22.2 Å². The average molecular weight is 559 g/mol. The summed E-state index contributed by atoms with van der Waals surface area (Å²) in [4.78, 5) is 15.0. The van der Waals surface area contributed by atoms with Crippen molar-refractivity contribution in [3.8, 4) is 11.5 Å². The number of ether oxygens (including phenoxy) is 3. The molecule has 0 unspecified atom stereocenters. The number of benzene rings is 2. The van der Waals surface area contributed by atoms with E-state index >= 15 is 0 Å². The van der Waals surface area contributed by atoms with Gasteiger partial charge in [-0.05, 0) is 43.2 Å². The highest BCUT2D eigenvalue weighted by Gasteiger charge is 2.36. The number of aromatic nitrogens is 1. The van der Waals surface area contributed by atoms with Crippen molar-refractivity contribution in [2.45, 2.75) is 36.6 Å². The van der Waals surface area contributed by atoms with Crippen molar-refractivity contribution in [2.24, 2.45) is 0 Å². The molecular formula is C24H22ClF3N2O6S. The fraction of sp³-hybridized carbons (Fsp3) is 0.375. The molecule has 8 nitrogen and oxygen atoms in total. The number of fused-ring (bicyclic) bond motifs is 2. The molecule has 198 valence electrons. The lowest BCUT2D eigenvalue weighted by Crippen LogP contribution is -2.38. The molecule has 0 amide bonds. The van der Waals surface area contributed by atoms with E-state index in [0.29, 0.717) is 67.2 Å². The Labute approximate surface area is 214 Å². The van der Waals surface area contributed by atoms with E-state index in [1.54, 1.807) is 12.1 Å². The van der Waals surface area contributed by atoms with E-state index in [-0.39, 0.29) is 17.1 Å². The van der Waals surface area contributed by atoms with Gasteiger partial charge < -0.3 is 19.2 Å². The minimum absolute atomic E-state index is 0.0915. The second-order valence-corrected chi connectivity index (χ2v) is 11.1. The molecule has 1 atom stereocenters. The van der Waals surface area contributed by atoms with Crippen LogP contribution < -0.4 is 15.0 Å². The van der Waals surface area contributed by atoms with Crippen LogP contribution in [0.1, 0.15) is 24.0 Å². The molecule has 0 spiro atoms. The summed E-state index contributed by atoms with van der Waals surface area (Å²) in [5, 5.41) is 0.215. The van der Waals surface area contributed by atoms with E-state index in [0.717, 1.165) is 10.4 Å². The van der Waals surface area contributed by atoms with Gasteiger partial charge in [0.2, 0.25) is 10.0 Å². The fourth-order valence-electron chi connectivity index (χ4n) is 4.38. The van der Waals surface area contributed by atoms with Crippen LogP contribution in [0.5, 0.6) is 11.5 Å². The van der Waals surface area contributed by atoms with Gasteiger partial charge in [-0.25, -0.2) is 8.42 Å². The maximum Gasteiger partial charge on any atom is 0.416 e. The first-order valence-electron chi connectivity index (χ1n) is 11.5. The van der Waals surface area contributed by atoms with Crippen molar-refractivity contribution in [1.29, 1.82) is 0 Å². The number of nitrogens with one attached hydrogen (secondary N) is 1. The standard InChI is InChI=1S/C24H22ClF3N2O6S/c25-18-4-3-16(24(26,27)28)10-22(18)37(32,33)30(13-17-2-1-5-34-17)12-15-8-14-9-20-21(36-7-6-35-20)11-19(14)29-23(15)31/h3-4,8-11,17H,1-2,5-7,12-13H2,(H,29,31)/t17-/m1/s1. The number of alkyl halides is 3. The number of nitrogens with zero attached hydrogens (tertiary/aromatic N) is 1. The number of aromatic amines is 1. The summed E-state index contributed by atoms with van der Waals surface area (Å²) in [6.07, 6.45) is -3.96. The molecule has 13 heteroatoms. The highest BCUT2D eigenvalue weighted by molar-refractivity contribution is 7.89. The van der Waals surface area contributed by atoms with Crippen molar-refractivity contribution in [3.05, 3.63) is 62.9 Å². The Bertz CT molecular complexity index is 1500. The summed E-state index contributed by atoms with van der Waals surface area (Å²) in [6, 6.07) is 6.94. The van der Waals surface area contributed by atoms with Crippen LogP contribution in [0.15, 0.2) is 46.1 Å². The summed E-state index contributed by atoms with van der Waals surface area (Å²) < 4.78 is 85.0. The first kappa shape index (κ1) is 25.8. The molecule has 1 aromatic heterocycles. The van der Waals surface area contributed by atoms with Gasteiger partial charge in [-0.15, -0.1) is 0 Å². The van der Waals surface area contributed by atoms with Crippen LogP contribution >= 0.6 is 11.6 Å². The molecule has 0 bridgehead atoms. The Morgan fingerprint density at radius 1 is 1.05 bits per heavy atom. The van der Waals surface area contributed by atoms with Crippen molar-refractivity contribution in [2.75, 3.05) is 26.4 Å². The topological polar surface area (TPSA) is 97.9 Å². The Morgan fingerprint density at radius 3 is 2.46 bits per heavy atom. The molecule has 1 saturated heterocycles. The van der Waals surface area contributed by atoms with Crippen LogP contribution in [-0.4, -0.2) is 50.2 Å². The molecule has 2 aromatic carbocycles. The van der Waals surface area contributed by atoms with Gasteiger partial charge in [-0.1, -0.05) is 11.6 Å². The molecule has 2 aliphatic rings. The van der Waals surface area contributed by atoms with E-state index < -0.39 is 44.9 Å². The molecule has 1 N–H and O–H groups in total. The number of pyridine rings is 1. The van der Waals surface area contributed by atoms with E-state index in [1.807, 2.05) is 0 Å². The van der Waals surface area contributed by atoms with Crippen molar-refractivity contribution in [1.82, 2.24) is 9.29 Å².